The zero-order chi connectivity index (χ0) is 35.3. The molecule has 3 aromatic heterocycles. The Labute approximate surface area is 318 Å². The van der Waals surface area contributed by atoms with E-state index in [0.717, 1.165) is 44.6 Å². The molecule has 0 aliphatic heterocycles. The zero-order valence-electron chi connectivity index (χ0n) is 28.9. The maximum absolute atomic E-state index is 6.35. The van der Waals surface area contributed by atoms with E-state index in [4.69, 9.17) is 4.42 Å². The molecule has 0 amide bonds. The number of nitrogens with zero attached hydrogens (tertiary/aromatic N) is 1. The minimum Gasteiger partial charge on any atom is -0.456 e. The van der Waals surface area contributed by atoms with E-state index in [1.165, 1.54) is 67.5 Å². The molecular weight excluding hydrogens is 695 g/mol. The van der Waals surface area contributed by atoms with Gasteiger partial charge in [-0.2, -0.15) is 0 Å². The first kappa shape index (κ1) is 30.0. The normalized spacial score (nSPS) is 12.1. The summed E-state index contributed by atoms with van der Waals surface area (Å²) in [6, 6.07) is 64.4. The van der Waals surface area contributed by atoms with E-state index in [0.29, 0.717) is 0 Å². The van der Waals surface area contributed by atoms with Crippen LogP contribution in [0.2, 0.25) is 0 Å². The third-order valence-corrected chi connectivity index (χ3v) is 13.3. The van der Waals surface area contributed by atoms with Crippen LogP contribution in [0.15, 0.2) is 180 Å². The quantitative estimate of drug-likeness (QED) is 0.180. The lowest BCUT2D eigenvalue weighted by Crippen LogP contribution is -2.10. The highest BCUT2D eigenvalue weighted by Gasteiger charge is 2.20. The Balaban J connectivity index is 1.08. The first-order valence-corrected chi connectivity index (χ1v) is 19.9. The van der Waals surface area contributed by atoms with Gasteiger partial charge in [0.2, 0.25) is 0 Å². The van der Waals surface area contributed by atoms with Crippen molar-refractivity contribution in [3.05, 3.63) is 176 Å². The van der Waals surface area contributed by atoms with Crippen LogP contribution in [0.25, 0.3) is 95.0 Å². The molecule has 0 spiro atoms. The van der Waals surface area contributed by atoms with Crippen LogP contribution in [0.4, 0.5) is 17.1 Å². The maximum atomic E-state index is 6.35. The molecule has 0 radical (unpaired) electrons. The van der Waals surface area contributed by atoms with Gasteiger partial charge in [0.1, 0.15) is 11.2 Å². The molecule has 252 valence electrons. The van der Waals surface area contributed by atoms with E-state index >= 15 is 0 Å². The van der Waals surface area contributed by atoms with Gasteiger partial charge in [0, 0.05) is 67.9 Å². The van der Waals surface area contributed by atoms with E-state index in [1.807, 2.05) is 34.8 Å². The standard InChI is InChI=1S/C50H29NOS2/c1-2-11-32-27-48-41(25-31(32)10-1)40-23-20-35(29-49(40)54-48)51(43-16-7-12-30-9-3-4-13-36(30)43)34-21-24-46-42(28-34)50-37(15-8-18-47(50)53-46)33-19-22-39-38-14-5-6-17-44(38)52-45(39)26-33/h1-29H. The molecule has 0 saturated carbocycles. The summed E-state index contributed by atoms with van der Waals surface area (Å²) in [5.41, 5.74) is 7.65. The number of para-hydroxylation sites is 1. The Hall–Kier alpha value is -6.46. The molecule has 54 heavy (non-hydrogen) atoms. The van der Waals surface area contributed by atoms with Crippen LogP contribution in [0.1, 0.15) is 0 Å². The smallest absolute Gasteiger partial charge is 0.136 e. The highest BCUT2D eigenvalue weighted by atomic mass is 32.1. The number of hydrogen-bond acceptors (Lipinski definition) is 4. The minimum atomic E-state index is 0.915. The second-order valence-corrected chi connectivity index (χ2v) is 16.2. The lowest BCUT2D eigenvalue weighted by Gasteiger charge is -2.27. The van der Waals surface area contributed by atoms with Crippen molar-refractivity contribution in [3.63, 3.8) is 0 Å². The first-order valence-electron chi connectivity index (χ1n) is 18.2. The highest BCUT2D eigenvalue weighted by molar-refractivity contribution is 7.26. The summed E-state index contributed by atoms with van der Waals surface area (Å²) in [6.07, 6.45) is 0. The van der Waals surface area contributed by atoms with Crippen molar-refractivity contribution in [3.8, 4) is 11.1 Å². The second-order valence-electron chi connectivity index (χ2n) is 14.1. The second kappa shape index (κ2) is 11.5. The van der Waals surface area contributed by atoms with Gasteiger partial charge in [-0.3, -0.25) is 0 Å². The molecular formula is C50H29NOS2. The molecule has 0 saturated heterocycles. The molecule has 12 aromatic rings. The Morgan fingerprint density at radius 3 is 1.98 bits per heavy atom. The number of anilines is 3. The van der Waals surface area contributed by atoms with E-state index in [1.54, 1.807) is 0 Å². The number of fused-ring (bicyclic) bond motifs is 11. The number of furan rings is 1. The molecule has 9 aromatic carbocycles. The first-order chi connectivity index (χ1) is 26.7. The fourth-order valence-corrected chi connectivity index (χ4v) is 10.8. The summed E-state index contributed by atoms with van der Waals surface area (Å²) in [5, 5.41) is 12.4. The van der Waals surface area contributed by atoms with Gasteiger partial charge in [0.15, 0.2) is 0 Å². The van der Waals surface area contributed by atoms with Crippen LogP contribution in [-0.2, 0) is 0 Å². The Kier molecular flexibility index (Phi) is 6.41. The largest absolute Gasteiger partial charge is 0.456 e. The molecule has 2 nitrogen and oxygen atoms in total. The van der Waals surface area contributed by atoms with Crippen LogP contribution in [0, 0.1) is 0 Å². The summed E-state index contributed by atoms with van der Waals surface area (Å²) < 4.78 is 11.5. The topological polar surface area (TPSA) is 16.4 Å². The van der Waals surface area contributed by atoms with E-state index in [2.05, 4.69) is 169 Å². The van der Waals surface area contributed by atoms with Crippen LogP contribution in [-0.4, -0.2) is 0 Å². The fraction of sp³-hybridized carbons (Fsp3) is 0. The molecule has 0 N–H and O–H groups in total. The molecule has 4 heteroatoms. The third-order valence-electron chi connectivity index (χ3n) is 11.0. The van der Waals surface area contributed by atoms with Crippen molar-refractivity contribution >= 4 is 124 Å². The van der Waals surface area contributed by atoms with Crippen molar-refractivity contribution in [1.82, 2.24) is 0 Å². The van der Waals surface area contributed by atoms with Gasteiger partial charge in [0.25, 0.3) is 0 Å². The van der Waals surface area contributed by atoms with Crippen molar-refractivity contribution in [2.24, 2.45) is 0 Å². The lowest BCUT2D eigenvalue weighted by atomic mass is 9.98. The van der Waals surface area contributed by atoms with Gasteiger partial charge >= 0.3 is 0 Å². The Bertz CT molecular complexity index is 3470. The number of benzene rings is 9. The van der Waals surface area contributed by atoms with E-state index in [-0.39, 0.29) is 0 Å². The number of hydrogen-bond donors (Lipinski definition) is 0. The highest BCUT2D eigenvalue weighted by Crippen LogP contribution is 2.47. The minimum absolute atomic E-state index is 0.915. The van der Waals surface area contributed by atoms with Crippen molar-refractivity contribution < 1.29 is 4.42 Å². The fourth-order valence-electron chi connectivity index (χ4n) is 8.51. The van der Waals surface area contributed by atoms with Gasteiger partial charge in [0.05, 0.1) is 5.69 Å². The molecule has 0 aliphatic rings. The average Bonchev–Trinajstić information content (AvgIpc) is 3.90. The van der Waals surface area contributed by atoms with Crippen molar-refractivity contribution in [2.45, 2.75) is 0 Å². The third kappa shape index (κ3) is 4.51. The van der Waals surface area contributed by atoms with E-state index < -0.39 is 0 Å². The Morgan fingerprint density at radius 1 is 0.370 bits per heavy atom. The lowest BCUT2D eigenvalue weighted by molar-refractivity contribution is 0.669. The number of rotatable bonds is 4. The Morgan fingerprint density at radius 2 is 1.06 bits per heavy atom. The monoisotopic (exact) mass is 723 g/mol. The number of thiophene rings is 2. The van der Waals surface area contributed by atoms with Gasteiger partial charge in [-0.15, -0.1) is 22.7 Å². The molecule has 0 atom stereocenters. The van der Waals surface area contributed by atoms with Crippen LogP contribution in [0.3, 0.4) is 0 Å². The van der Waals surface area contributed by atoms with Crippen LogP contribution >= 0.6 is 22.7 Å². The summed E-state index contributed by atoms with van der Waals surface area (Å²) in [4.78, 5) is 2.45. The molecule has 0 unspecified atom stereocenters. The molecule has 0 aliphatic carbocycles. The summed E-state index contributed by atoms with van der Waals surface area (Å²) >= 11 is 3.73. The summed E-state index contributed by atoms with van der Waals surface area (Å²) in [7, 11) is 0. The maximum Gasteiger partial charge on any atom is 0.136 e. The zero-order valence-corrected chi connectivity index (χ0v) is 30.5. The molecule has 3 heterocycles. The van der Waals surface area contributed by atoms with Crippen molar-refractivity contribution in [2.75, 3.05) is 4.90 Å². The van der Waals surface area contributed by atoms with Crippen LogP contribution in [0.5, 0.6) is 0 Å². The molecule has 12 rings (SSSR count). The van der Waals surface area contributed by atoms with Gasteiger partial charge in [-0.25, -0.2) is 0 Å². The average molecular weight is 724 g/mol. The van der Waals surface area contributed by atoms with Crippen LogP contribution < -0.4 is 4.90 Å². The molecule has 0 fully saturated rings. The van der Waals surface area contributed by atoms with Gasteiger partial charge < -0.3 is 9.32 Å². The predicted octanol–water partition coefficient (Wildman–Crippen LogP) is 15.8. The summed E-state index contributed by atoms with van der Waals surface area (Å²) in [5.74, 6) is 0. The summed E-state index contributed by atoms with van der Waals surface area (Å²) in [6.45, 7) is 0. The van der Waals surface area contributed by atoms with Gasteiger partial charge in [-0.05, 0) is 100 Å². The molecule has 0 bridgehead atoms. The van der Waals surface area contributed by atoms with Crippen molar-refractivity contribution in [1.29, 1.82) is 0 Å². The van der Waals surface area contributed by atoms with Gasteiger partial charge in [-0.1, -0.05) is 103 Å². The predicted molar refractivity (Wildman–Crippen MR) is 235 cm³/mol. The SMILES string of the molecule is c1ccc2cc3c(cc2c1)sc1cc(N(c2ccc4sc5cccc(-c6ccc7c(c6)oc6ccccc67)c5c4c2)c2cccc4ccccc24)ccc13. The van der Waals surface area contributed by atoms with E-state index in [9.17, 15) is 0 Å².